The van der Waals surface area contributed by atoms with Crippen LogP contribution in [0.3, 0.4) is 0 Å². The molecule has 0 aliphatic rings. The molecule has 0 heterocycles. The highest BCUT2D eigenvalue weighted by molar-refractivity contribution is 9.10. The maximum absolute atomic E-state index is 13.3. The highest BCUT2D eigenvalue weighted by Crippen LogP contribution is 2.23. The van der Waals surface area contributed by atoms with Crippen LogP contribution in [0.15, 0.2) is 118 Å². The monoisotopic (exact) mass is 627 g/mol. The highest BCUT2D eigenvalue weighted by Gasteiger charge is 2.15. The fourth-order valence-electron chi connectivity index (χ4n) is 3.66. The summed E-state index contributed by atoms with van der Waals surface area (Å²) in [5.74, 6) is -1.00. The first-order chi connectivity index (χ1) is 19.8. The molecule has 41 heavy (non-hydrogen) atoms. The summed E-state index contributed by atoms with van der Waals surface area (Å²) in [6.45, 7) is 1.49. The number of hydrogen-bond donors (Lipinski definition) is 3. The average molecular weight is 629 g/mol. The molecule has 4 rings (SSSR count). The van der Waals surface area contributed by atoms with Crippen LogP contribution in [-0.4, -0.2) is 29.3 Å². The van der Waals surface area contributed by atoms with Crippen LogP contribution in [-0.2, 0) is 9.59 Å². The summed E-state index contributed by atoms with van der Waals surface area (Å²) >= 11 is 4.71. The lowest BCUT2D eigenvalue weighted by Gasteiger charge is -2.12. The second kappa shape index (κ2) is 14.2. The Labute approximate surface area is 250 Å². The number of Topliss-reactive ketones (excluding diaryl/α,β-unsaturated/α-hetero) is 1. The van der Waals surface area contributed by atoms with Gasteiger partial charge in [-0.1, -0.05) is 52.3 Å². The number of nitrogens with one attached hydrogen (secondary N) is 3. The molecular weight excluding hydrogens is 602 g/mol. The largest absolute Gasteiger partial charge is 0.325 e. The summed E-state index contributed by atoms with van der Waals surface area (Å²) in [4.78, 5) is 50.8. The molecule has 0 spiro atoms. The van der Waals surface area contributed by atoms with Crippen LogP contribution in [0, 0.1) is 0 Å². The smallest absolute Gasteiger partial charge is 0.272 e. The number of ketones is 1. The molecule has 7 nitrogen and oxygen atoms in total. The molecular formula is C32H26BrN3O4S. The van der Waals surface area contributed by atoms with Crippen LogP contribution < -0.4 is 16.0 Å². The van der Waals surface area contributed by atoms with Crippen molar-refractivity contribution in [2.75, 3.05) is 16.4 Å². The van der Waals surface area contributed by atoms with Crippen LogP contribution in [0.2, 0.25) is 0 Å². The highest BCUT2D eigenvalue weighted by atomic mass is 79.9. The predicted octanol–water partition coefficient (Wildman–Crippen LogP) is 6.79. The van der Waals surface area contributed by atoms with Gasteiger partial charge in [0, 0.05) is 31.9 Å². The van der Waals surface area contributed by atoms with E-state index in [1.165, 1.54) is 18.7 Å². The number of amides is 3. The lowest BCUT2D eigenvalue weighted by atomic mass is 10.1. The number of thioether (sulfide) groups is 1. The molecule has 9 heteroatoms. The van der Waals surface area contributed by atoms with E-state index >= 15 is 0 Å². The molecule has 0 radical (unpaired) electrons. The molecule has 0 saturated carbocycles. The minimum Gasteiger partial charge on any atom is -0.325 e. The van der Waals surface area contributed by atoms with Crippen LogP contribution >= 0.6 is 27.7 Å². The van der Waals surface area contributed by atoms with Crippen molar-refractivity contribution < 1.29 is 19.2 Å². The summed E-state index contributed by atoms with van der Waals surface area (Å²) in [6.07, 6.45) is 1.61. The van der Waals surface area contributed by atoms with Gasteiger partial charge in [-0.05, 0) is 85.3 Å². The fourth-order valence-corrected chi connectivity index (χ4v) is 4.68. The SMILES string of the molecule is CC(=O)c1ccc(NC(=O)CSc2cccc(NC(=O)/C(=C/c3ccc(Br)cc3)NC(=O)c3ccccc3)c2)cc1. The van der Waals surface area contributed by atoms with Gasteiger partial charge in [0.2, 0.25) is 5.91 Å². The summed E-state index contributed by atoms with van der Waals surface area (Å²) < 4.78 is 0.892. The van der Waals surface area contributed by atoms with E-state index in [0.717, 1.165) is 14.9 Å². The molecule has 0 aromatic heterocycles. The third-order valence-electron chi connectivity index (χ3n) is 5.75. The van der Waals surface area contributed by atoms with Gasteiger partial charge in [-0.3, -0.25) is 19.2 Å². The van der Waals surface area contributed by atoms with E-state index < -0.39 is 11.8 Å². The van der Waals surface area contributed by atoms with E-state index in [1.807, 2.05) is 36.4 Å². The van der Waals surface area contributed by atoms with E-state index in [9.17, 15) is 19.2 Å². The maximum Gasteiger partial charge on any atom is 0.272 e. The second-order valence-electron chi connectivity index (χ2n) is 8.88. The quantitative estimate of drug-likeness (QED) is 0.102. The maximum atomic E-state index is 13.3. The van der Waals surface area contributed by atoms with E-state index in [1.54, 1.807) is 72.8 Å². The normalized spacial score (nSPS) is 10.9. The van der Waals surface area contributed by atoms with Crippen LogP contribution in [0.25, 0.3) is 6.08 Å². The molecule has 0 unspecified atom stereocenters. The Bertz CT molecular complexity index is 1590. The molecule has 0 atom stereocenters. The van der Waals surface area contributed by atoms with Crippen molar-refractivity contribution in [3.8, 4) is 0 Å². The number of halogens is 1. The summed E-state index contributed by atoms with van der Waals surface area (Å²) in [5, 5.41) is 8.37. The van der Waals surface area contributed by atoms with Gasteiger partial charge in [-0.2, -0.15) is 0 Å². The third kappa shape index (κ3) is 9.02. The molecule has 0 fully saturated rings. The molecule has 0 bridgehead atoms. The Morgan fingerprint density at radius 3 is 2.15 bits per heavy atom. The molecule has 206 valence electrons. The van der Waals surface area contributed by atoms with Crippen molar-refractivity contribution in [3.63, 3.8) is 0 Å². The minimum absolute atomic E-state index is 0.0418. The number of hydrogen-bond acceptors (Lipinski definition) is 5. The van der Waals surface area contributed by atoms with Gasteiger partial charge in [0.05, 0.1) is 5.75 Å². The predicted molar refractivity (Wildman–Crippen MR) is 167 cm³/mol. The standard InChI is InChI=1S/C32H26BrN3O4S/c1-21(37)23-12-16-26(17-13-23)34-30(38)20-41-28-9-5-8-27(19-28)35-32(40)29(18-22-10-14-25(33)15-11-22)36-31(39)24-6-3-2-4-7-24/h2-19H,20H2,1H3,(H,34,38)(H,35,40)(H,36,39)/b29-18-. The van der Waals surface area contributed by atoms with Gasteiger partial charge in [0.1, 0.15) is 5.70 Å². The van der Waals surface area contributed by atoms with Crippen LogP contribution in [0.4, 0.5) is 11.4 Å². The lowest BCUT2D eigenvalue weighted by molar-refractivity contribution is -0.114. The van der Waals surface area contributed by atoms with Gasteiger partial charge in [0.15, 0.2) is 5.78 Å². The number of benzene rings is 4. The zero-order valence-corrected chi connectivity index (χ0v) is 24.4. The first kappa shape index (κ1) is 29.5. The van der Waals surface area contributed by atoms with Gasteiger partial charge < -0.3 is 16.0 Å². The summed E-state index contributed by atoms with van der Waals surface area (Å²) in [7, 11) is 0. The summed E-state index contributed by atoms with van der Waals surface area (Å²) in [6, 6.07) is 29.8. The number of anilines is 2. The first-order valence-electron chi connectivity index (χ1n) is 12.6. The van der Waals surface area contributed by atoms with Gasteiger partial charge in [0.25, 0.3) is 11.8 Å². The molecule has 4 aromatic carbocycles. The van der Waals surface area contributed by atoms with E-state index in [2.05, 4.69) is 31.9 Å². The Kier molecular flexibility index (Phi) is 10.3. The molecule has 3 N–H and O–H groups in total. The number of carbonyl (C=O) groups is 4. The lowest BCUT2D eigenvalue weighted by Crippen LogP contribution is -2.30. The average Bonchev–Trinajstić information content (AvgIpc) is 2.97. The molecule has 0 saturated heterocycles. The Balaban J connectivity index is 1.42. The number of rotatable bonds is 10. The molecule has 0 aliphatic heterocycles. The van der Waals surface area contributed by atoms with Crippen molar-refractivity contribution in [1.82, 2.24) is 5.32 Å². The van der Waals surface area contributed by atoms with E-state index in [0.29, 0.717) is 22.5 Å². The third-order valence-corrected chi connectivity index (χ3v) is 7.27. The Hall–Kier alpha value is -4.47. The fraction of sp³-hybridized carbons (Fsp3) is 0.0625. The Morgan fingerprint density at radius 2 is 1.46 bits per heavy atom. The van der Waals surface area contributed by atoms with Gasteiger partial charge >= 0.3 is 0 Å². The van der Waals surface area contributed by atoms with Crippen molar-refractivity contribution >= 4 is 68.6 Å². The van der Waals surface area contributed by atoms with Crippen LogP contribution in [0.1, 0.15) is 33.2 Å². The molecule has 0 aliphatic carbocycles. The zero-order valence-electron chi connectivity index (χ0n) is 22.0. The zero-order chi connectivity index (χ0) is 29.2. The van der Waals surface area contributed by atoms with E-state index in [-0.39, 0.29) is 23.1 Å². The Morgan fingerprint density at radius 1 is 0.756 bits per heavy atom. The van der Waals surface area contributed by atoms with Crippen molar-refractivity contribution in [1.29, 1.82) is 0 Å². The summed E-state index contributed by atoms with van der Waals surface area (Å²) in [5.41, 5.74) is 2.92. The van der Waals surface area contributed by atoms with Crippen molar-refractivity contribution in [2.24, 2.45) is 0 Å². The topological polar surface area (TPSA) is 104 Å². The van der Waals surface area contributed by atoms with Gasteiger partial charge in [-0.15, -0.1) is 11.8 Å². The first-order valence-corrected chi connectivity index (χ1v) is 14.3. The minimum atomic E-state index is -0.494. The van der Waals surface area contributed by atoms with Gasteiger partial charge in [-0.25, -0.2) is 0 Å². The second-order valence-corrected chi connectivity index (χ2v) is 10.8. The van der Waals surface area contributed by atoms with E-state index in [4.69, 9.17) is 0 Å². The molecule has 4 aromatic rings. The van der Waals surface area contributed by atoms with Crippen LogP contribution in [0.5, 0.6) is 0 Å². The molecule has 3 amide bonds. The number of carbonyl (C=O) groups excluding carboxylic acids is 4. The van der Waals surface area contributed by atoms with Crippen molar-refractivity contribution in [2.45, 2.75) is 11.8 Å². The van der Waals surface area contributed by atoms with Crippen molar-refractivity contribution in [3.05, 3.63) is 130 Å².